The van der Waals surface area contributed by atoms with Crippen LogP contribution in [0.25, 0.3) is 11.3 Å². The monoisotopic (exact) mass is 463 g/mol. The normalized spacial score (nSPS) is 14.9. The van der Waals surface area contributed by atoms with E-state index in [4.69, 9.17) is 11.6 Å². The first kappa shape index (κ1) is 22.2. The average molecular weight is 464 g/mol. The molecule has 0 spiro atoms. The summed E-state index contributed by atoms with van der Waals surface area (Å²) in [4.78, 5) is 25.8. The minimum absolute atomic E-state index is 0.0742. The zero-order chi connectivity index (χ0) is 23.0. The Morgan fingerprint density at radius 1 is 1.19 bits per heavy atom. The van der Waals surface area contributed by atoms with Crippen LogP contribution in [0.4, 0.5) is 13.2 Å². The van der Waals surface area contributed by atoms with Gasteiger partial charge >= 0.3 is 11.9 Å². The molecule has 1 unspecified atom stereocenters. The summed E-state index contributed by atoms with van der Waals surface area (Å²) in [5.41, 5.74) is 0.771. The van der Waals surface area contributed by atoms with E-state index in [1.165, 1.54) is 16.7 Å². The average Bonchev–Trinajstić information content (AvgIpc) is 3.54. The Labute approximate surface area is 187 Å². The highest BCUT2D eigenvalue weighted by molar-refractivity contribution is 6.30. The van der Waals surface area contributed by atoms with Gasteiger partial charge in [-0.15, -0.1) is 0 Å². The zero-order valence-corrected chi connectivity index (χ0v) is 18.0. The number of aromatic nitrogens is 2. The van der Waals surface area contributed by atoms with Crippen molar-refractivity contribution in [2.45, 2.75) is 44.6 Å². The van der Waals surface area contributed by atoms with Crippen molar-refractivity contribution in [2.24, 2.45) is 0 Å². The second-order valence-corrected chi connectivity index (χ2v) is 8.34. The summed E-state index contributed by atoms with van der Waals surface area (Å²) in [5, 5.41) is 3.21. The highest BCUT2D eigenvalue weighted by Crippen LogP contribution is 2.37. The first-order valence-corrected chi connectivity index (χ1v) is 10.6. The number of amides is 1. The van der Waals surface area contributed by atoms with Crippen molar-refractivity contribution in [3.05, 3.63) is 81.4 Å². The fraction of sp³-hybridized carbons (Fsp3) is 0.304. The van der Waals surface area contributed by atoms with E-state index >= 15 is 0 Å². The molecule has 1 heterocycles. The first-order chi connectivity index (χ1) is 15.1. The molecule has 0 aliphatic heterocycles. The quantitative estimate of drug-likeness (QED) is 0.546. The molecule has 1 aromatic heterocycles. The van der Waals surface area contributed by atoms with Gasteiger partial charge < -0.3 is 5.32 Å². The highest BCUT2D eigenvalue weighted by Gasteiger charge is 2.32. The molecule has 3 aromatic rings. The number of nitrogens with one attached hydrogen (secondary N) is 1. The number of carbonyl (C=O) groups is 1. The molecule has 1 fully saturated rings. The molecule has 168 valence electrons. The van der Waals surface area contributed by atoms with Crippen LogP contribution in [0.3, 0.4) is 0 Å². The zero-order valence-electron chi connectivity index (χ0n) is 17.2. The van der Waals surface area contributed by atoms with Crippen LogP contribution in [0.1, 0.15) is 43.0 Å². The van der Waals surface area contributed by atoms with Gasteiger partial charge in [-0.1, -0.05) is 35.9 Å². The summed E-state index contributed by atoms with van der Waals surface area (Å²) >= 11 is 5.97. The van der Waals surface area contributed by atoms with Crippen LogP contribution in [-0.2, 0) is 17.5 Å². The molecule has 0 radical (unpaired) electrons. The van der Waals surface area contributed by atoms with Gasteiger partial charge in [0.05, 0.1) is 11.3 Å². The molecule has 1 amide bonds. The van der Waals surface area contributed by atoms with Crippen LogP contribution in [-0.4, -0.2) is 15.0 Å². The van der Waals surface area contributed by atoms with E-state index in [0.717, 1.165) is 30.5 Å². The van der Waals surface area contributed by atoms with Gasteiger partial charge in [-0.05, 0) is 55.2 Å². The molecule has 2 aromatic carbocycles. The molecule has 5 nitrogen and oxygen atoms in total. The molecule has 1 saturated carbocycles. The third-order valence-electron chi connectivity index (χ3n) is 5.52. The summed E-state index contributed by atoms with van der Waals surface area (Å²) in [6.45, 7) is 1.51. The third-order valence-corrected chi connectivity index (χ3v) is 5.77. The predicted octanol–water partition coefficient (Wildman–Crippen LogP) is 5.20. The number of hydrogen-bond acceptors (Lipinski definition) is 2. The van der Waals surface area contributed by atoms with E-state index in [-0.39, 0.29) is 18.3 Å². The topological polar surface area (TPSA) is 56.0 Å². The number of benzene rings is 2. The van der Waals surface area contributed by atoms with Gasteiger partial charge in [0, 0.05) is 23.8 Å². The molecule has 1 N–H and O–H groups in total. The van der Waals surface area contributed by atoms with Crippen LogP contribution >= 0.6 is 11.6 Å². The van der Waals surface area contributed by atoms with Gasteiger partial charge in [-0.3, -0.25) is 13.9 Å². The number of nitrogens with zero attached hydrogens (tertiary/aromatic N) is 2. The lowest BCUT2D eigenvalue weighted by atomic mass is 10.1. The predicted molar refractivity (Wildman–Crippen MR) is 115 cm³/mol. The van der Waals surface area contributed by atoms with Crippen molar-refractivity contribution in [3.63, 3.8) is 0 Å². The Kier molecular flexibility index (Phi) is 5.90. The van der Waals surface area contributed by atoms with Crippen molar-refractivity contribution < 1.29 is 18.0 Å². The molecule has 1 atom stereocenters. The maximum Gasteiger partial charge on any atom is 0.416 e. The third kappa shape index (κ3) is 4.60. The second-order valence-electron chi connectivity index (χ2n) is 7.90. The standard InChI is InChI=1S/C23H21ClF3N3O2/c1-14(21(31)28-12-15-3-2-4-17(11-15)23(25,26)27)29-13-20(16-5-7-18(24)8-6-16)30(22(29)32)19-9-10-19/h2-8,11,13-14,19H,9-10,12H2,1H3,(H,28,31). The van der Waals surface area contributed by atoms with Crippen molar-refractivity contribution in [1.29, 1.82) is 0 Å². The number of halogens is 4. The Balaban J connectivity index is 1.55. The molecule has 32 heavy (non-hydrogen) atoms. The molecule has 1 aliphatic rings. The van der Waals surface area contributed by atoms with Gasteiger partial charge in [0.2, 0.25) is 5.91 Å². The van der Waals surface area contributed by atoms with Gasteiger partial charge in [-0.2, -0.15) is 13.2 Å². The minimum Gasteiger partial charge on any atom is -0.350 e. The Bertz CT molecular complexity index is 1190. The van der Waals surface area contributed by atoms with Gasteiger partial charge in [0.25, 0.3) is 0 Å². The molecule has 1 aliphatic carbocycles. The SMILES string of the molecule is CC(C(=O)NCc1cccc(C(F)(F)F)c1)n1cc(-c2ccc(Cl)cc2)n(C2CC2)c1=O. The molecule has 0 bridgehead atoms. The lowest BCUT2D eigenvalue weighted by molar-refractivity contribution is -0.137. The first-order valence-electron chi connectivity index (χ1n) is 10.2. The highest BCUT2D eigenvalue weighted by atomic mass is 35.5. The van der Waals surface area contributed by atoms with Gasteiger partial charge in [-0.25, -0.2) is 4.79 Å². The van der Waals surface area contributed by atoms with Gasteiger partial charge in [0.15, 0.2) is 0 Å². The van der Waals surface area contributed by atoms with E-state index < -0.39 is 23.7 Å². The van der Waals surface area contributed by atoms with Gasteiger partial charge in [0.1, 0.15) is 6.04 Å². The van der Waals surface area contributed by atoms with Crippen LogP contribution in [0.5, 0.6) is 0 Å². The molecular formula is C23H21ClF3N3O2. The summed E-state index contributed by atoms with van der Waals surface area (Å²) in [6, 6.07) is 11.2. The Morgan fingerprint density at radius 3 is 2.50 bits per heavy atom. The largest absolute Gasteiger partial charge is 0.416 e. The Morgan fingerprint density at radius 2 is 1.88 bits per heavy atom. The van der Waals surface area contributed by atoms with E-state index in [0.29, 0.717) is 16.3 Å². The fourth-order valence-corrected chi connectivity index (χ4v) is 3.72. The number of hydrogen-bond donors (Lipinski definition) is 1. The number of alkyl halides is 3. The lowest BCUT2D eigenvalue weighted by Crippen LogP contribution is -2.35. The Hall–Kier alpha value is -3.00. The maximum atomic E-state index is 13.1. The number of carbonyl (C=O) groups excluding carboxylic acids is 1. The second kappa shape index (κ2) is 8.50. The van der Waals surface area contributed by atoms with E-state index in [2.05, 4.69) is 5.32 Å². The lowest BCUT2D eigenvalue weighted by Gasteiger charge is -2.14. The van der Waals surface area contributed by atoms with Crippen molar-refractivity contribution >= 4 is 17.5 Å². The number of rotatable bonds is 6. The molecular weight excluding hydrogens is 443 g/mol. The summed E-state index contributed by atoms with van der Waals surface area (Å²) < 4.78 is 41.8. The molecule has 0 saturated heterocycles. The maximum absolute atomic E-state index is 13.1. The number of imidazole rings is 1. The summed E-state index contributed by atoms with van der Waals surface area (Å²) in [7, 11) is 0. The van der Waals surface area contributed by atoms with Crippen molar-refractivity contribution in [2.75, 3.05) is 0 Å². The molecule has 4 rings (SSSR count). The van der Waals surface area contributed by atoms with Crippen LogP contribution in [0.2, 0.25) is 5.02 Å². The fourth-order valence-electron chi connectivity index (χ4n) is 3.59. The van der Waals surface area contributed by atoms with E-state index in [9.17, 15) is 22.8 Å². The minimum atomic E-state index is -4.45. The van der Waals surface area contributed by atoms with Crippen LogP contribution < -0.4 is 11.0 Å². The summed E-state index contributed by atoms with van der Waals surface area (Å²) in [6.07, 6.45) is -1.02. The van der Waals surface area contributed by atoms with Crippen LogP contribution in [0.15, 0.2) is 59.5 Å². The van der Waals surface area contributed by atoms with E-state index in [1.807, 2.05) is 12.1 Å². The van der Waals surface area contributed by atoms with Crippen molar-refractivity contribution in [3.8, 4) is 11.3 Å². The van der Waals surface area contributed by atoms with Crippen molar-refractivity contribution in [1.82, 2.24) is 14.5 Å². The summed E-state index contributed by atoms with van der Waals surface area (Å²) in [5.74, 6) is -0.458. The van der Waals surface area contributed by atoms with E-state index in [1.54, 1.807) is 29.8 Å². The van der Waals surface area contributed by atoms with Crippen LogP contribution in [0, 0.1) is 0 Å². The molecule has 9 heteroatoms. The smallest absolute Gasteiger partial charge is 0.350 e.